The Kier molecular flexibility index (Phi) is 2.96. The van der Waals surface area contributed by atoms with Crippen LogP contribution in [0.25, 0.3) is 0 Å². The zero-order valence-corrected chi connectivity index (χ0v) is 11.0. The van der Waals surface area contributed by atoms with Crippen molar-refractivity contribution in [1.82, 2.24) is 4.37 Å². The van der Waals surface area contributed by atoms with E-state index in [0.29, 0.717) is 12.0 Å². The van der Waals surface area contributed by atoms with Gasteiger partial charge in [0.15, 0.2) is 0 Å². The number of anilines is 2. The molecule has 0 aromatic carbocycles. The van der Waals surface area contributed by atoms with Gasteiger partial charge < -0.3 is 15.4 Å². The predicted molar refractivity (Wildman–Crippen MR) is 70.7 cm³/mol. The Hall–Kier alpha value is -0.810. The van der Waals surface area contributed by atoms with Crippen LogP contribution in [0.1, 0.15) is 37.7 Å². The number of morpholine rings is 1. The van der Waals surface area contributed by atoms with Gasteiger partial charge in [0.05, 0.1) is 12.7 Å². The van der Waals surface area contributed by atoms with Crippen molar-refractivity contribution in [1.29, 1.82) is 0 Å². The molecule has 1 saturated carbocycles. The van der Waals surface area contributed by atoms with E-state index in [4.69, 9.17) is 10.5 Å². The summed E-state index contributed by atoms with van der Waals surface area (Å²) in [4.78, 5) is 2.42. The number of nitrogens with two attached hydrogens (primary N) is 1. The zero-order chi connectivity index (χ0) is 11.8. The fourth-order valence-corrected chi connectivity index (χ4v) is 3.37. The molecule has 2 fully saturated rings. The van der Waals surface area contributed by atoms with Crippen LogP contribution >= 0.6 is 11.5 Å². The van der Waals surface area contributed by atoms with Crippen molar-refractivity contribution in [3.05, 3.63) is 5.56 Å². The maximum atomic E-state index is 6.00. The van der Waals surface area contributed by atoms with Gasteiger partial charge in [-0.3, -0.25) is 0 Å². The van der Waals surface area contributed by atoms with E-state index in [1.54, 1.807) is 11.5 Å². The number of nitrogen functional groups attached to an aromatic ring is 1. The normalized spacial score (nSPS) is 25.2. The summed E-state index contributed by atoms with van der Waals surface area (Å²) in [6.45, 7) is 4.95. The first-order valence-corrected chi connectivity index (χ1v) is 7.18. The van der Waals surface area contributed by atoms with Crippen LogP contribution in [-0.4, -0.2) is 30.2 Å². The molecule has 1 aromatic rings. The van der Waals surface area contributed by atoms with Gasteiger partial charge in [-0.15, -0.1) is 0 Å². The molecule has 1 aliphatic carbocycles. The topological polar surface area (TPSA) is 51.4 Å². The highest BCUT2D eigenvalue weighted by Gasteiger charge is 2.33. The highest BCUT2D eigenvalue weighted by molar-refractivity contribution is 7.10. The third-order valence-electron chi connectivity index (χ3n) is 3.60. The zero-order valence-electron chi connectivity index (χ0n) is 10.2. The molecule has 2 N–H and O–H groups in total. The van der Waals surface area contributed by atoms with Crippen molar-refractivity contribution in [3.63, 3.8) is 0 Å². The van der Waals surface area contributed by atoms with Crippen LogP contribution in [0.4, 0.5) is 10.8 Å². The Labute approximate surface area is 106 Å². The minimum Gasteiger partial charge on any atom is -0.383 e. The van der Waals surface area contributed by atoms with Gasteiger partial charge in [0.2, 0.25) is 0 Å². The first kappa shape index (κ1) is 11.3. The fraction of sp³-hybridized carbons (Fsp3) is 0.750. The molecule has 94 valence electrons. The van der Waals surface area contributed by atoms with E-state index >= 15 is 0 Å². The highest BCUT2D eigenvalue weighted by atomic mass is 32.1. The van der Waals surface area contributed by atoms with E-state index in [2.05, 4.69) is 16.2 Å². The van der Waals surface area contributed by atoms with E-state index in [-0.39, 0.29) is 0 Å². The molecule has 1 aliphatic heterocycles. The molecule has 1 aromatic heterocycles. The van der Waals surface area contributed by atoms with Crippen molar-refractivity contribution in [2.24, 2.45) is 0 Å². The van der Waals surface area contributed by atoms with E-state index < -0.39 is 0 Å². The van der Waals surface area contributed by atoms with Crippen LogP contribution in [0.15, 0.2) is 0 Å². The second-order valence-corrected chi connectivity index (χ2v) is 5.66. The fourth-order valence-electron chi connectivity index (χ4n) is 2.43. The third-order valence-corrected chi connectivity index (χ3v) is 4.54. The molecule has 5 heteroatoms. The van der Waals surface area contributed by atoms with Crippen molar-refractivity contribution in [2.75, 3.05) is 30.3 Å². The number of aromatic nitrogens is 1. The SMILES string of the molecule is CCC1CN(c2snc(N)c2C2CC2)CCO1. The lowest BCUT2D eigenvalue weighted by molar-refractivity contribution is 0.0386. The second kappa shape index (κ2) is 4.46. The van der Waals surface area contributed by atoms with Crippen molar-refractivity contribution < 1.29 is 4.74 Å². The first-order chi connectivity index (χ1) is 8.29. The summed E-state index contributed by atoms with van der Waals surface area (Å²) in [5.41, 5.74) is 7.31. The molecule has 1 unspecified atom stereocenters. The molecule has 0 radical (unpaired) electrons. The maximum absolute atomic E-state index is 6.00. The summed E-state index contributed by atoms with van der Waals surface area (Å²) in [7, 11) is 0. The van der Waals surface area contributed by atoms with Crippen molar-refractivity contribution >= 4 is 22.4 Å². The van der Waals surface area contributed by atoms with Crippen molar-refractivity contribution in [2.45, 2.75) is 38.2 Å². The highest BCUT2D eigenvalue weighted by Crippen LogP contribution is 2.49. The summed E-state index contributed by atoms with van der Waals surface area (Å²) in [6.07, 6.45) is 3.98. The summed E-state index contributed by atoms with van der Waals surface area (Å²) < 4.78 is 10.1. The smallest absolute Gasteiger partial charge is 0.142 e. The maximum Gasteiger partial charge on any atom is 0.142 e. The van der Waals surface area contributed by atoms with E-state index in [1.807, 2.05) is 0 Å². The van der Waals surface area contributed by atoms with Gasteiger partial charge in [-0.2, -0.15) is 4.37 Å². The number of hydrogen-bond donors (Lipinski definition) is 1. The molecule has 1 atom stereocenters. The molecular formula is C12H19N3OS. The molecule has 2 aliphatic rings. The monoisotopic (exact) mass is 253 g/mol. The molecule has 0 amide bonds. The van der Waals surface area contributed by atoms with Gasteiger partial charge in [-0.1, -0.05) is 6.92 Å². The van der Waals surface area contributed by atoms with E-state index in [1.165, 1.54) is 23.4 Å². The van der Waals surface area contributed by atoms with Crippen LogP contribution in [0, 0.1) is 0 Å². The number of hydrogen-bond acceptors (Lipinski definition) is 5. The van der Waals surface area contributed by atoms with Crippen LogP contribution < -0.4 is 10.6 Å². The summed E-state index contributed by atoms with van der Waals surface area (Å²) >= 11 is 1.56. The molecule has 0 spiro atoms. The standard InChI is InChI=1S/C12H19N3OS/c1-2-9-7-15(5-6-16-9)12-10(8-3-4-8)11(13)14-17-12/h8-9H,2-7H2,1H3,(H2,13,14). The Morgan fingerprint density at radius 2 is 2.35 bits per heavy atom. The minimum atomic E-state index is 0.360. The van der Waals surface area contributed by atoms with Gasteiger partial charge in [0.1, 0.15) is 10.8 Å². The summed E-state index contributed by atoms with van der Waals surface area (Å²) in [5, 5.41) is 1.30. The lowest BCUT2D eigenvalue weighted by atomic mass is 10.1. The number of nitrogens with zero attached hydrogens (tertiary/aromatic N) is 2. The van der Waals surface area contributed by atoms with Crippen LogP contribution in [0.5, 0.6) is 0 Å². The Bertz CT molecular complexity index is 402. The third kappa shape index (κ3) is 2.13. The van der Waals surface area contributed by atoms with Gasteiger partial charge in [0, 0.05) is 18.7 Å². The summed E-state index contributed by atoms with van der Waals surface area (Å²) in [6, 6.07) is 0. The van der Waals surface area contributed by atoms with Crippen LogP contribution in [0.2, 0.25) is 0 Å². The first-order valence-electron chi connectivity index (χ1n) is 6.41. The molecule has 3 rings (SSSR count). The lowest BCUT2D eigenvalue weighted by Gasteiger charge is -2.33. The van der Waals surface area contributed by atoms with Crippen LogP contribution in [0.3, 0.4) is 0 Å². The minimum absolute atomic E-state index is 0.360. The largest absolute Gasteiger partial charge is 0.383 e. The Morgan fingerprint density at radius 1 is 1.53 bits per heavy atom. The van der Waals surface area contributed by atoms with E-state index in [9.17, 15) is 0 Å². The lowest BCUT2D eigenvalue weighted by Crippen LogP contribution is -2.42. The molecule has 4 nitrogen and oxygen atoms in total. The molecule has 0 bridgehead atoms. The average Bonchev–Trinajstić information content (AvgIpc) is 3.12. The Morgan fingerprint density at radius 3 is 3.06 bits per heavy atom. The molecule has 2 heterocycles. The van der Waals surface area contributed by atoms with Gasteiger partial charge in [0.25, 0.3) is 0 Å². The molecule has 1 saturated heterocycles. The van der Waals surface area contributed by atoms with Gasteiger partial charge >= 0.3 is 0 Å². The number of rotatable bonds is 3. The molecule has 17 heavy (non-hydrogen) atoms. The molecular weight excluding hydrogens is 234 g/mol. The summed E-state index contributed by atoms with van der Waals surface area (Å²) in [5.74, 6) is 1.43. The van der Waals surface area contributed by atoms with Crippen molar-refractivity contribution in [3.8, 4) is 0 Å². The van der Waals surface area contributed by atoms with Crippen LogP contribution in [-0.2, 0) is 4.74 Å². The predicted octanol–water partition coefficient (Wildman–Crippen LogP) is 2.22. The quantitative estimate of drug-likeness (QED) is 0.897. The van der Waals surface area contributed by atoms with E-state index in [0.717, 1.165) is 31.9 Å². The second-order valence-electron chi connectivity index (χ2n) is 4.91. The average molecular weight is 253 g/mol. The number of ether oxygens (including phenoxy) is 1. The Balaban J connectivity index is 1.83. The van der Waals surface area contributed by atoms with Gasteiger partial charge in [-0.05, 0) is 36.7 Å². The van der Waals surface area contributed by atoms with Gasteiger partial charge in [-0.25, -0.2) is 0 Å².